The molecule has 6 heteroatoms. The minimum Gasteiger partial charge on any atom is -0.312 e. The molecule has 0 N–H and O–H groups in total. The first-order chi connectivity index (χ1) is 22.5. The van der Waals surface area contributed by atoms with E-state index in [4.69, 9.17) is 4.84 Å². The zero-order valence-electron chi connectivity index (χ0n) is 28.5. The van der Waals surface area contributed by atoms with Crippen LogP contribution in [0.1, 0.15) is 125 Å². The lowest BCUT2D eigenvalue weighted by atomic mass is 9.86. The van der Waals surface area contributed by atoms with Gasteiger partial charge >= 0.3 is 5.97 Å². The SMILES string of the molecule is CCCCCC/C(=N\OC(=O)c1c(C)cc(C)c(C(=O)c2ccccc2)c1C)C(=O)c1c(C)cc(C)c(C(=O)c2ccccc2)c1C. The summed E-state index contributed by atoms with van der Waals surface area (Å²) in [6.45, 7) is 13.0. The van der Waals surface area contributed by atoms with Gasteiger partial charge in [0.05, 0.1) is 5.56 Å². The van der Waals surface area contributed by atoms with E-state index in [1.807, 2.05) is 51.1 Å². The quantitative estimate of drug-likeness (QED) is 0.0483. The molecule has 0 aliphatic heterocycles. The molecule has 242 valence electrons. The van der Waals surface area contributed by atoms with Gasteiger partial charge in [0, 0.05) is 27.8 Å². The first-order valence-corrected chi connectivity index (χ1v) is 16.2. The van der Waals surface area contributed by atoms with Crippen LogP contribution in [-0.4, -0.2) is 29.0 Å². The molecule has 0 aliphatic rings. The first-order valence-electron chi connectivity index (χ1n) is 16.2. The van der Waals surface area contributed by atoms with Gasteiger partial charge in [-0.1, -0.05) is 104 Å². The maximum absolute atomic E-state index is 14.2. The molecule has 0 aromatic heterocycles. The number of carbonyl (C=O) groups is 4. The molecule has 0 saturated carbocycles. The van der Waals surface area contributed by atoms with Crippen molar-refractivity contribution < 1.29 is 24.0 Å². The lowest BCUT2D eigenvalue weighted by molar-refractivity contribution is 0.0512. The third-order valence-electron chi connectivity index (χ3n) is 8.67. The number of oxime groups is 1. The van der Waals surface area contributed by atoms with E-state index < -0.39 is 5.97 Å². The molecule has 47 heavy (non-hydrogen) atoms. The third-order valence-corrected chi connectivity index (χ3v) is 8.67. The maximum Gasteiger partial charge on any atom is 0.366 e. The Morgan fingerprint density at radius 1 is 0.574 bits per heavy atom. The number of carbonyl (C=O) groups excluding carboxylic acids is 4. The molecule has 0 heterocycles. The highest BCUT2D eigenvalue weighted by Gasteiger charge is 2.27. The number of rotatable bonds is 13. The smallest absolute Gasteiger partial charge is 0.312 e. The fourth-order valence-electron chi connectivity index (χ4n) is 6.41. The largest absolute Gasteiger partial charge is 0.366 e. The highest BCUT2D eigenvalue weighted by molar-refractivity contribution is 6.46. The van der Waals surface area contributed by atoms with Crippen molar-refractivity contribution >= 4 is 29.0 Å². The van der Waals surface area contributed by atoms with Crippen molar-refractivity contribution in [2.24, 2.45) is 5.16 Å². The molecule has 0 amide bonds. The van der Waals surface area contributed by atoms with Crippen molar-refractivity contribution in [1.29, 1.82) is 0 Å². The molecule has 0 saturated heterocycles. The Morgan fingerprint density at radius 2 is 1.02 bits per heavy atom. The van der Waals surface area contributed by atoms with Crippen LogP contribution in [0.25, 0.3) is 0 Å². The van der Waals surface area contributed by atoms with Crippen molar-refractivity contribution in [3.63, 3.8) is 0 Å². The fraction of sp³-hybridized carbons (Fsp3) is 0.293. The van der Waals surface area contributed by atoms with E-state index in [2.05, 4.69) is 12.1 Å². The molecule has 0 unspecified atom stereocenters. The van der Waals surface area contributed by atoms with Gasteiger partial charge in [-0.2, -0.15) is 0 Å². The summed E-state index contributed by atoms with van der Waals surface area (Å²) in [6.07, 6.45) is 3.91. The molecule has 0 atom stereocenters. The number of Topliss-reactive ketones (excluding diaryl/α,β-unsaturated/α-hetero) is 1. The van der Waals surface area contributed by atoms with Crippen LogP contribution >= 0.6 is 0 Å². The highest BCUT2D eigenvalue weighted by atomic mass is 16.7. The second-order valence-electron chi connectivity index (χ2n) is 12.2. The van der Waals surface area contributed by atoms with Crippen LogP contribution in [0, 0.1) is 41.5 Å². The number of nitrogens with zero attached hydrogens (tertiary/aromatic N) is 1. The molecule has 0 aliphatic carbocycles. The lowest BCUT2D eigenvalue weighted by Crippen LogP contribution is -2.21. The number of unbranched alkanes of at least 4 members (excludes halogenated alkanes) is 3. The van der Waals surface area contributed by atoms with Gasteiger partial charge in [-0.3, -0.25) is 14.4 Å². The van der Waals surface area contributed by atoms with Crippen LogP contribution in [0.4, 0.5) is 0 Å². The van der Waals surface area contributed by atoms with E-state index in [-0.39, 0.29) is 28.6 Å². The van der Waals surface area contributed by atoms with Crippen LogP contribution in [0.3, 0.4) is 0 Å². The lowest BCUT2D eigenvalue weighted by Gasteiger charge is -2.17. The predicted molar refractivity (Wildman–Crippen MR) is 187 cm³/mol. The Balaban J connectivity index is 1.73. The van der Waals surface area contributed by atoms with Gasteiger partial charge in [0.25, 0.3) is 0 Å². The summed E-state index contributed by atoms with van der Waals surface area (Å²) in [7, 11) is 0. The summed E-state index contributed by atoms with van der Waals surface area (Å²) in [6, 6.07) is 21.6. The number of ketones is 3. The Labute approximate surface area is 277 Å². The third kappa shape index (κ3) is 7.71. The minimum atomic E-state index is -0.738. The molecular weight excluding hydrogens is 586 g/mol. The Bertz CT molecular complexity index is 1850. The van der Waals surface area contributed by atoms with Gasteiger partial charge in [-0.15, -0.1) is 0 Å². The molecule has 0 bridgehead atoms. The van der Waals surface area contributed by atoms with Gasteiger partial charge in [0.1, 0.15) is 5.71 Å². The van der Waals surface area contributed by atoms with E-state index in [1.165, 1.54) is 0 Å². The van der Waals surface area contributed by atoms with Gasteiger partial charge in [-0.25, -0.2) is 4.79 Å². The van der Waals surface area contributed by atoms with Gasteiger partial charge < -0.3 is 4.84 Å². The van der Waals surface area contributed by atoms with E-state index in [0.29, 0.717) is 57.3 Å². The monoisotopic (exact) mass is 629 g/mol. The van der Waals surface area contributed by atoms with Crippen molar-refractivity contribution in [2.45, 2.75) is 80.6 Å². The fourth-order valence-corrected chi connectivity index (χ4v) is 6.41. The normalized spacial score (nSPS) is 11.3. The van der Waals surface area contributed by atoms with E-state index in [0.717, 1.165) is 36.0 Å². The van der Waals surface area contributed by atoms with Gasteiger partial charge in [0.2, 0.25) is 5.78 Å². The van der Waals surface area contributed by atoms with Crippen molar-refractivity contribution in [3.05, 3.63) is 140 Å². The Hall–Kier alpha value is -4.97. The molecule has 4 rings (SSSR count). The summed E-state index contributed by atoms with van der Waals surface area (Å²) in [4.78, 5) is 60.4. The molecular formula is C41H43NO5. The Kier molecular flexibility index (Phi) is 11.5. The molecule has 0 fully saturated rings. The summed E-state index contributed by atoms with van der Waals surface area (Å²) in [5.74, 6) is -1.45. The molecule has 6 nitrogen and oxygen atoms in total. The van der Waals surface area contributed by atoms with Crippen LogP contribution in [0.5, 0.6) is 0 Å². The topological polar surface area (TPSA) is 89.9 Å². The van der Waals surface area contributed by atoms with E-state index >= 15 is 0 Å². The van der Waals surface area contributed by atoms with Crippen LogP contribution < -0.4 is 0 Å². The zero-order valence-corrected chi connectivity index (χ0v) is 28.5. The second-order valence-corrected chi connectivity index (χ2v) is 12.2. The average Bonchev–Trinajstić information content (AvgIpc) is 3.04. The summed E-state index contributed by atoms with van der Waals surface area (Å²) in [5.41, 5.74) is 6.71. The summed E-state index contributed by atoms with van der Waals surface area (Å²) >= 11 is 0. The number of hydrogen-bond acceptors (Lipinski definition) is 6. The maximum atomic E-state index is 14.2. The second kappa shape index (κ2) is 15.5. The van der Waals surface area contributed by atoms with Crippen LogP contribution in [0.15, 0.2) is 78.0 Å². The first kappa shape index (κ1) is 34.9. The summed E-state index contributed by atoms with van der Waals surface area (Å²) < 4.78 is 0. The molecule has 0 radical (unpaired) electrons. The minimum absolute atomic E-state index is 0.116. The zero-order chi connectivity index (χ0) is 34.2. The van der Waals surface area contributed by atoms with Crippen LogP contribution in [0.2, 0.25) is 0 Å². The van der Waals surface area contributed by atoms with Crippen molar-refractivity contribution in [2.75, 3.05) is 0 Å². The number of hydrogen-bond donors (Lipinski definition) is 0. The van der Waals surface area contributed by atoms with E-state index in [1.54, 1.807) is 63.2 Å². The average molecular weight is 630 g/mol. The van der Waals surface area contributed by atoms with Crippen molar-refractivity contribution in [3.8, 4) is 0 Å². The standard InChI is InChI=1S/C41H43NO5/c1-8-9-10-17-22-33(40(45)36-27(4)23-25(2)34(29(36)6)38(43)31-18-13-11-14-19-31)42-47-41(46)37-28(5)24-26(3)35(30(37)7)39(44)32-20-15-12-16-21-32/h11-16,18-21,23-24H,8-10,17,22H2,1-7H3/b42-33+. The molecule has 0 spiro atoms. The predicted octanol–water partition coefficient (Wildman–Crippen LogP) is 9.37. The van der Waals surface area contributed by atoms with Gasteiger partial charge in [-0.05, 0) is 87.8 Å². The van der Waals surface area contributed by atoms with Crippen LogP contribution in [-0.2, 0) is 4.84 Å². The molecule has 4 aromatic rings. The summed E-state index contributed by atoms with van der Waals surface area (Å²) in [5, 5.41) is 4.20. The van der Waals surface area contributed by atoms with Crippen molar-refractivity contribution in [1.82, 2.24) is 0 Å². The molecule has 4 aromatic carbocycles. The van der Waals surface area contributed by atoms with E-state index in [9.17, 15) is 19.2 Å². The Morgan fingerprint density at radius 3 is 1.51 bits per heavy atom. The van der Waals surface area contributed by atoms with Gasteiger partial charge in [0.15, 0.2) is 11.6 Å². The highest BCUT2D eigenvalue weighted by Crippen LogP contribution is 2.28. The number of benzene rings is 4. The number of aryl methyl sites for hydroxylation is 4.